The molecule has 0 bridgehead atoms. The summed E-state index contributed by atoms with van der Waals surface area (Å²) in [5, 5.41) is 2.70. The minimum Gasteiger partial charge on any atom is -0.244 e. The lowest BCUT2D eigenvalue weighted by molar-refractivity contribution is -0.113. The molecule has 0 nitrogen and oxygen atoms in total. The number of alkyl halides is 4. The van der Waals surface area contributed by atoms with E-state index in [0.29, 0.717) is 10.8 Å². The first-order valence-corrected chi connectivity index (χ1v) is 7.10. The van der Waals surface area contributed by atoms with E-state index in [9.17, 15) is 17.6 Å². The fourth-order valence-electron chi connectivity index (χ4n) is 3.38. The maximum Gasteiger partial charge on any atom is 0.307 e. The van der Waals surface area contributed by atoms with Crippen LogP contribution in [0.3, 0.4) is 0 Å². The van der Waals surface area contributed by atoms with E-state index in [1.165, 1.54) is 6.07 Å². The molecule has 0 radical (unpaired) electrons. The van der Waals surface area contributed by atoms with Gasteiger partial charge in [-0.1, -0.05) is 48.5 Å². The van der Waals surface area contributed by atoms with Gasteiger partial charge in [-0.3, -0.25) is 0 Å². The van der Waals surface area contributed by atoms with Gasteiger partial charge in [-0.15, -0.1) is 0 Å². The standard InChI is InChI=1S/C18H12F4/c19-15-9-11-6-7-13-12-4-2-1-3-10(12)5-8-14(13)16(11)18(21,22)17(15)20/h1-8,15,17H,9H2. The molecule has 4 heteroatoms. The van der Waals surface area contributed by atoms with Crippen LogP contribution in [0, 0.1) is 0 Å². The van der Waals surface area contributed by atoms with Gasteiger partial charge in [0.05, 0.1) is 0 Å². The van der Waals surface area contributed by atoms with Crippen LogP contribution < -0.4 is 0 Å². The van der Waals surface area contributed by atoms with Crippen molar-refractivity contribution in [3.8, 4) is 0 Å². The van der Waals surface area contributed by atoms with Crippen LogP contribution in [0.1, 0.15) is 11.1 Å². The van der Waals surface area contributed by atoms with E-state index in [1.807, 2.05) is 24.3 Å². The van der Waals surface area contributed by atoms with Crippen LogP contribution in [-0.4, -0.2) is 12.3 Å². The summed E-state index contributed by atoms with van der Waals surface area (Å²) in [6, 6.07) is 14.0. The summed E-state index contributed by atoms with van der Waals surface area (Å²) in [4.78, 5) is 0. The van der Waals surface area contributed by atoms with Crippen molar-refractivity contribution in [3.63, 3.8) is 0 Å². The summed E-state index contributed by atoms with van der Waals surface area (Å²) in [5.41, 5.74) is -0.175. The van der Waals surface area contributed by atoms with Crippen LogP contribution in [0.5, 0.6) is 0 Å². The fraction of sp³-hybridized carbons (Fsp3) is 0.222. The number of hydrogen-bond donors (Lipinski definition) is 0. The summed E-state index contributed by atoms with van der Waals surface area (Å²) in [5.74, 6) is -3.81. The highest BCUT2D eigenvalue weighted by Crippen LogP contribution is 2.47. The Bertz CT molecular complexity index is 885. The minimum atomic E-state index is -3.81. The summed E-state index contributed by atoms with van der Waals surface area (Å²) in [6.07, 6.45) is -5.27. The molecule has 22 heavy (non-hydrogen) atoms. The lowest BCUT2D eigenvalue weighted by Gasteiger charge is -2.32. The fourth-order valence-corrected chi connectivity index (χ4v) is 3.38. The molecule has 2 atom stereocenters. The van der Waals surface area contributed by atoms with Gasteiger partial charge in [0.25, 0.3) is 0 Å². The Balaban J connectivity index is 2.12. The van der Waals surface area contributed by atoms with Gasteiger partial charge in [0, 0.05) is 12.0 Å². The molecule has 0 aromatic heterocycles. The number of fused-ring (bicyclic) bond motifs is 5. The zero-order valence-electron chi connectivity index (χ0n) is 11.5. The number of benzene rings is 3. The predicted octanol–water partition coefficient (Wildman–Crippen LogP) is 5.32. The zero-order valence-corrected chi connectivity index (χ0v) is 11.5. The highest BCUT2D eigenvalue weighted by Gasteiger charge is 2.52. The first-order valence-electron chi connectivity index (χ1n) is 7.10. The average Bonchev–Trinajstić information content (AvgIpc) is 2.52. The highest BCUT2D eigenvalue weighted by molar-refractivity contribution is 6.09. The van der Waals surface area contributed by atoms with Crippen LogP contribution in [0.4, 0.5) is 17.6 Å². The maximum atomic E-state index is 14.4. The Hall–Kier alpha value is -2.10. The van der Waals surface area contributed by atoms with Crippen molar-refractivity contribution in [2.24, 2.45) is 0 Å². The van der Waals surface area contributed by atoms with Crippen LogP contribution in [0.15, 0.2) is 48.5 Å². The monoisotopic (exact) mass is 304 g/mol. The summed E-state index contributed by atoms with van der Waals surface area (Å²) < 4.78 is 56.0. The first kappa shape index (κ1) is 13.6. The molecule has 0 amide bonds. The van der Waals surface area contributed by atoms with Gasteiger partial charge in [0.1, 0.15) is 6.17 Å². The van der Waals surface area contributed by atoms with E-state index >= 15 is 0 Å². The third kappa shape index (κ3) is 1.70. The SMILES string of the molecule is FC1Cc2ccc3c(ccc4ccccc43)c2C(F)(F)C1F. The van der Waals surface area contributed by atoms with Gasteiger partial charge < -0.3 is 0 Å². The number of rotatable bonds is 0. The summed E-state index contributed by atoms with van der Waals surface area (Å²) >= 11 is 0. The Kier molecular flexibility index (Phi) is 2.74. The molecule has 0 saturated heterocycles. The lowest BCUT2D eigenvalue weighted by atomic mass is 9.82. The molecule has 2 unspecified atom stereocenters. The minimum absolute atomic E-state index is 0.189. The van der Waals surface area contributed by atoms with Crippen LogP contribution >= 0.6 is 0 Å². The van der Waals surface area contributed by atoms with Crippen LogP contribution in [0.2, 0.25) is 0 Å². The molecule has 3 aromatic carbocycles. The largest absolute Gasteiger partial charge is 0.307 e. The second-order valence-corrected chi connectivity index (χ2v) is 5.73. The molecule has 3 aromatic rings. The predicted molar refractivity (Wildman–Crippen MR) is 78.8 cm³/mol. The molecular weight excluding hydrogens is 292 g/mol. The van der Waals surface area contributed by atoms with Gasteiger partial charge in [-0.2, -0.15) is 8.78 Å². The molecule has 0 aliphatic heterocycles. The highest BCUT2D eigenvalue weighted by atomic mass is 19.3. The van der Waals surface area contributed by atoms with Crippen molar-refractivity contribution in [1.82, 2.24) is 0 Å². The van der Waals surface area contributed by atoms with Crippen molar-refractivity contribution in [1.29, 1.82) is 0 Å². The molecule has 0 saturated carbocycles. The third-order valence-corrected chi connectivity index (χ3v) is 4.42. The molecule has 0 fully saturated rings. The topological polar surface area (TPSA) is 0 Å². The second kappa shape index (κ2) is 4.45. The van der Waals surface area contributed by atoms with E-state index < -0.39 is 18.3 Å². The Labute approximate surface area is 124 Å². The van der Waals surface area contributed by atoms with Gasteiger partial charge in [-0.05, 0) is 27.1 Å². The Morgan fingerprint density at radius 3 is 2.36 bits per heavy atom. The molecule has 0 N–H and O–H groups in total. The van der Waals surface area contributed by atoms with Gasteiger partial charge in [-0.25, -0.2) is 8.78 Å². The van der Waals surface area contributed by atoms with Crippen molar-refractivity contribution in [2.45, 2.75) is 24.7 Å². The van der Waals surface area contributed by atoms with Crippen molar-refractivity contribution in [3.05, 3.63) is 59.7 Å². The van der Waals surface area contributed by atoms with E-state index in [1.54, 1.807) is 18.2 Å². The maximum absolute atomic E-state index is 14.4. The normalized spacial score (nSPS) is 23.6. The van der Waals surface area contributed by atoms with Crippen molar-refractivity contribution in [2.75, 3.05) is 0 Å². The second-order valence-electron chi connectivity index (χ2n) is 5.73. The molecular formula is C18H12F4. The number of halogens is 4. The van der Waals surface area contributed by atoms with E-state index in [-0.39, 0.29) is 17.5 Å². The van der Waals surface area contributed by atoms with Crippen LogP contribution in [-0.2, 0) is 12.3 Å². The summed E-state index contributed by atoms with van der Waals surface area (Å²) in [6.45, 7) is 0. The third-order valence-electron chi connectivity index (χ3n) is 4.42. The van der Waals surface area contributed by atoms with Gasteiger partial charge >= 0.3 is 5.92 Å². The van der Waals surface area contributed by atoms with E-state index in [0.717, 1.165) is 10.8 Å². The van der Waals surface area contributed by atoms with Crippen LogP contribution in [0.25, 0.3) is 21.5 Å². The Morgan fingerprint density at radius 1 is 0.818 bits per heavy atom. The number of hydrogen-bond acceptors (Lipinski definition) is 0. The average molecular weight is 304 g/mol. The molecule has 1 aliphatic rings. The smallest absolute Gasteiger partial charge is 0.244 e. The molecule has 112 valence electrons. The van der Waals surface area contributed by atoms with Gasteiger partial charge in [0.2, 0.25) is 0 Å². The quantitative estimate of drug-likeness (QED) is 0.389. The zero-order chi connectivity index (χ0) is 15.5. The molecule has 0 spiro atoms. The molecule has 4 rings (SSSR count). The molecule has 1 aliphatic carbocycles. The van der Waals surface area contributed by atoms with Gasteiger partial charge in [0.15, 0.2) is 6.17 Å². The lowest BCUT2D eigenvalue weighted by Crippen LogP contribution is -2.41. The first-order chi connectivity index (χ1) is 10.5. The van der Waals surface area contributed by atoms with E-state index in [2.05, 4.69) is 0 Å². The Morgan fingerprint density at radius 2 is 1.55 bits per heavy atom. The van der Waals surface area contributed by atoms with Crippen molar-refractivity contribution >= 4 is 21.5 Å². The van der Waals surface area contributed by atoms with Crippen molar-refractivity contribution < 1.29 is 17.6 Å². The molecule has 0 heterocycles. The summed E-state index contributed by atoms with van der Waals surface area (Å²) in [7, 11) is 0. The van der Waals surface area contributed by atoms with E-state index in [4.69, 9.17) is 0 Å².